The van der Waals surface area contributed by atoms with Crippen LogP contribution in [0, 0.1) is 5.92 Å². The van der Waals surface area contributed by atoms with Crippen molar-refractivity contribution in [1.82, 2.24) is 10.6 Å². The van der Waals surface area contributed by atoms with Gasteiger partial charge >= 0.3 is 0 Å². The van der Waals surface area contributed by atoms with E-state index in [-0.39, 0.29) is 36.2 Å². The highest BCUT2D eigenvalue weighted by Gasteiger charge is 2.62. The summed E-state index contributed by atoms with van der Waals surface area (Å²) in [4.78, 5) is 14.2. The van der Waals surface area contributed by atoms with E-state index in [1.807, 2.05) is 49.4 Å². The third kappa shape index (κ3) is 4.21. The predicted octanol–water partition coefficient (Wildman–Crippen LogP) is 5.02. The molecule has 1 fully saturated rings. The molecule has 184 valence electrons. The number of carbonyl (C=O) groups is 1. The van der Waals surface area contributed by atoms with Crippen molar-refractivity contribution in [2.45, 2.75) is 43.3 Å². The second kappa shape index (κ2) is 9.68. The third-order valence-corrected chi connectivity index (χ3v) is 8.13. The van der Waals surface area contributed by atoms with E-state index in [1.54, 1.807) is 6.07 Å². The fraction of sp³-hybridized carbons (Fsp3) is 0.370. The van der Waals surface area contributed by atoms with E-state index in [0.717, 1.165) is 16.7 Å². The van der Waals surface area contributed by atoms with Crippen LogP contribution in [0.1, 0.15) is 36.8 Å². The van der Waals surface area contributed by atoms with Gasteiger partial charge in [-0.3, -0.25) is 10.1 Å². The lowest BCUT2D eigenvalue weighted by Gasteiger charge is -2.52. The van der Waals surface area contributed by atoms with Crippen molar-refractivity contribution in [3.63, 3.8) is 0 Å². The zero-order chi connectivity index (χ0) is 24.7. The number of fused-ring (bicyclic) bond motifs is 2. The van der Waals surface area contributed by atoms with Crippen molar-refractivity contribution < 1.29 is 9.18 Å². The van der Waals surface area contributed by atoms with Crippen LogP contribution in [0.15, 0.2) is 66.0 Å². The number of carbonyl (C=O) groups excluding carboxylic acids is 1. The Morgan fingerprint density at radius 2 is 1.97 bits per heavy atom. The van der Waals surface area contributed by atoms with Crippen LogP contribution >= 0.6 is 23.2 Å². The van der Waals surface area contributed by atoms with Crippen LogP contribution in [0.3, 0.4) is 0 Å². The number of nitrogens with one attached hydrogen (secondary N) is 3. The van der Waals surface area contributed by atoms with Gasteiger partial charge in [-0.25, -0.2) is 4.39 Å². The SMILES string of the molecule is CC1=CC=C(F)CC1[C@@H]1NC(NCCN)C[C@H](c2cccc(Cl)c2)[C@@]12C(=O)Nc1cc(Cl)ccc12. The summed E-state index contributed by atoms with van der Waals surface area (Å²) in [5.41, 5.74) is 8.36. The van der Waals surface area contributed by atoms with E-state index in [1.165, 1.54) is 6.08 Å². The van der Waals surface area contributed by atoms with Gasteiger partial charge in [0.25, 0.3) is 0 Å². The summed E-state index contributed by atoms with van der Waals surface area (Å²) in [6.45, 7) is 3.10. The highest BCUT2D eigenvalue weighted by molar-refractivity contribution is 6.31. The number of amides is 1. The van der Waals surface area contributed by atoms with Crippen LogP contribution in [-0.4, -0.2) is 31.2 Å². The van der Waals surface area contributed by atoms with Gasteiger partial charge in [0, 0.05) is 53.1 Å². The van der Waals surface area contributed by atoms with E-state index in [4.69, 9.17) is 28.9 Å². The molecule has 1 amide bonds. The van der Waals surface area contributed by atoms with Crippen molar-refractivity contribution in [2.75, 3.05) is 18.4 Å². The van der Waals surface area contributed by atoms with Crippen molar-refractivity contribution >= 4 is 34.8 Å². The minimum absolute atomic E-state index is 0.114. The molecule has 2 aromatic rings. The highest BCUT2D eigenvalue weighted by atomic mass is 35.5. The van der Waals surface area contributed by atoms with E-state index < -0.39 is 11.5 Å². The molecule has 35 heavy (non-hydrogen) atoms. The summed E-state index contributed by atoms with van der Waals surface area (Å²) >= 11 is 12.7. The first-order valence-electron chi connectivity index (χ1n) is 11.9. The number of anilines is 1. The first-order valence-corrected chi connectivity index (χ1v) is 12.7. The lowest BCUT2D eigenvalue weighted by atomic mass is 9.56. The largest absolute Gasteiger partial charge is 0.329 e. The molecule has 5 nitrogen and oxygen atoms in total. The molecule has 8 heteroatoms. The summed E-state index contributed by atoms with van der Waals surface area (Å²) in [6.07, 6.45) is 4.07. The summed E-state index contributed by atoms with van der Waals surface area (Å²) in [6, 6.07) is 12.8. The zero-order valence-electron chi connectivity index (χ0n) is 19.5. The molecule has 1 saturated heterocycles. The number of allylic oxidation sites excluding steroid dienone is 3. The average molecular weight is 515 g/mol. The molecule has 5 rings (SSSR count). The Labute approximate surface area is 214 Å². The predicted molar refractivity (Wildman–Crippen MR) is 139 cm³/mol. The molecule has 0 radical (unpaired) electrons. The second-order valence-electron chi connectivity index (χ2n) is 9.63. The van der Waals surface area contributed by atoms with Crippen LogP contribution in [0.5, 0.6) is 0 Å². The zero-order valence-corrected chi connectivity index (χ0v) is 21.0. The number of hydrogen-bond donors (Lipinski definition) is 4. The van der Waals surface area contributed by atoms with Gasteiger partial charge < -0.3 is 16.4 Å². The average Bonchev–Trinajstić information content (AvgIpc) is 3.11. The Bertz CT molecular complexity index is 1220. The van der Waals surface area contributed by atoms with Crippen LogP contribution < -0.4 is 21.7 Å². The quantitative estimate of drug-likeness (QED) is 0.451. The molecular formula is C27H29Cl2FN4O. The first kappa shape index (κ1) is 24.5. The summed E-state index contributed by atoms with van der Waals surface area (Å²) in [5, 5.41) is 11.5. The van der Waals surface area contributed by atoms with E-state index in [2.05, 4.69) is 16.0 Å². The van der Waals surface area contributed by atoms with Crippen molar-refractivity contribution in [3.05, 3.63) is 87.2 Å². The highest BCUT2D eigenvalue weighted by Crippen LogP contribution is 2.56. The van der Waals surface area contributed by atoms with Gasteiger partial charge in [0.1, 0.15) is 5.83 Å². The monoisotopic (exact) mass is 514 g/mol. The third-order valence-electron chi connectivity index (χ3n) is 7.66. The lowest BCUT2D eigenvalue weighted by Crippen LogP contribution is -2.68. The molecule has 0 bridgehead atoms. The van der Waals surface area contributed by atoms with Gasteiger partial charge in [0.05, 0.1) is 11.6 Å². The summed E-state index contributed by atoms with van der Waals surface area (Å²) in [5.74, 6) is -0.760. The van der Waals surface area contributed by atoms with Crippen LogP contribution in [0.25, 0.3) is 0 Å². The minimum Gasteiger partial charge on any atom is -0.329 e. The molecule has 1 aliphatic carbocycles. The fourth-order valence-electron chi connectivity index (χ4n) is 6.16. The Morgan fingerprint density at radius 3 is 2.74 bits per heavy atom. The van der Waals surface area contributed by atoms with E-state index in [9.17, 15) is 9.18 Å². The van der Waals surface area contributed by atoms with Crippen molar-refractivity contribution in [3.8, 4) is 0 Å². The number of rotatable bonds is 5. The molecule has 2 heterocycles. The van der Waals surface area contributed by atoms with Crippen molar-refractivity contribution in [1.29, 1.82) is 0 Å². The molecular weight excluding hydrogens is 486 g/mol. The van der Waals surface area contributed by atoms with Gasteiger partial charge in [-0.05, 0) is 54.8 Å². The first-order chi connectivity index (χ1) is 16.8. The summed E-state index contributed by atoms with van der Waals surface area (Å²) in [7, 11) is 0. The maximum absolute atomic E-state index is 14.7. The fourth-order valence-corrected chi connectivity index (χ4v) is 6.53. The van der Waals surface area contributed by atoms with E-state index in [0.29, 0.717) is 35.2 Å². The Balaban J connectivity index is 1.73. The maximum atomic E-state index is 14.7. The molecule has 3 aliphatic rings. The van der Waals surface area contributed by atoms with Gasteiger partial charge in [-0.15, -0.1) is 0 Å². The molecule has 2 aromatic carbocycles. The minimum atomic E-state index is -0.997. The van der Waals surface area contributed by atoms with Crippen LogP contribution in [0.2, 0.25) is 10.0 Å². The van der Waals surface area contributed by atoms with Gasteiger partial charge in [0.2, 0.25) is 5.91 Å². The number of piperidine rings is 1. The maximum Gasteiger partial charge on any atom is 0.237 e. The van der Waals surface area contributed by atoms with Crippen LogP contribution in [-0.2, 0) is 10.2 Å². The standard InChI is InChI=1S/C27H29Cl2FN4O/c1-15-5-7-19(30)13-20(15)25-27(21-8-6-18(29)12-23(21)33-26(27)35)22(14-24(34-25)32-10-9-31)16-3-2-4-17(28)11-16/h2-8,11-12,20,22,24-25,32,34H,9-10,13-14,31H2,1H3,(H,33,35)/t20?,22-,24?,25+,27-/m1/s1. The van der Waals surface area contributed by atoms with Gasteiger partial charge in [-0.1, -0.05) is 53.1 Å². The van der Waals surface area contributed by atoms with E-state index >= 15 is 0 Å². The smallest absolute Gasteiger partial charge is 0.237 e. The second-order valence-corrected chi connectivity index (χ2v) is 10.5. The number of nitrogens with two attached hydrogens (primary N) is 1. The Morgan fingerprint density at radius 1 is 1.17 bits per heavy atom. The Kier molecular flexibility index (Phi) is 6.77. The molecule has 5 atom stereocenters. The molecule has 2 unspecified atom stereocenters. The molecule has 0 aromatic heterocycles. The molecule has 5 N–H and O–H groups in total. The molecule has 1 spiro atoms. The van der Waals surface area contributed by atoms with Crippen LogP contribution in [0.4, 0.5) is 10.1 Å². The van der Waals surface area contributed by atoms with Gasteiger partial charge in [0.15, 0.2) is 0 Å². The molecule has 0 saturated carbocycles. The molecule has 2 aliphatic heterocycles. The Hall–Kier alpha value is -2.22. The lowest BCUT2D eigenvalue weighted by molar-refractivity contribution is -0.125. The number of hydrogen-bond acceptors (Lipinski definition) is 4. The summed E-state index contributed by atoms with van der Waals surface area (Å²) < 4.78 is 14.7. The van der Waals surface area contributed by atoms with Crippen molar-refractivity contribution in [2.24, 2.45) is 11.7 Å². The van der Waals surface area contributed by atoms with Gasteiger partial charge in [-0.2, -0.15) is 0 Å². The topological polar surface area (TPSA) is 79.2 Å². The number of benzene rings is 2. The normalized spacial score (nSPS) is 30.0. The number of halogens is 3.